The van der Waals surface area contributed by atoms with Crippen molar-refractivity contribution < 1.29 is 0 Å². The lowest BCUT2D eigenvalue weighted by molar-refractivity contribution is 0.438. The molecule has 2 saturated heterocycles. The Labute approximate surface area is 227 Å². The molecule has 188 valence electrons. The van der Waals surface area contributed by atoms with E-state index in [-0.39, 0.29) is 12.1 Å². The molecule has 0 radical (unpaired) electrons. The van der Waals surface area contributed by atoms with Crippen LogP contribution < -0.4 is 15.1 Å². The molecule has 0 aliphatic carbocycles. The smallest absolute Gasteiger partial charge is 0.174 e. The van der Waals surface area contributed by atoms with Gasteiger partial charge in [-0.15, -0.1) is 0 Å². The second-order valence-electron chi connectivity index (χ2n) is 9.82. The van der Waals surface area contributed by atoms with Crippen LogP contribution in [0.4, 0.5) is 11.4 Å². The van der Waals surface area contributed by atoms with Gasteiger partial charge in [-0.05, 0) is 85.6 Å². The van der Waals surface area contributed by atoms with Gasteiger partial charge in [-0.25, -0.2) is 0 Å². The van der Waals surface area contributed by atoms with Gasteiger partial charge in [0.25, 0.3) is 0 Å². The number of anilines is 2. The summed E-state index contributed by atoms with van der Waals surface area (Å²) in [5, 5.41) is 4.95. The maximum absolute atomic E-state index is 6.92. The number of hydrogen-bond acceptors (Lipinski definition) is 4. The van der Waals surface area contributed by atoms with Crippen LogP contribution in [-0.2, 0) is 0 Å². The fourth-order valence-electron chi connectivity index (χ4n) is 5.45. The standard InChI is InChI=1S/C29H29ClN6S/c1-20-11-16-34(17-12-20)25-10-9-21(18-23(25)30)36-28(27(33-29(36)37)24-7-2-3-14-32-24)26-8-5-15-35(26)22-6-4-13-31-19-22/h2-10,13-15,18-20,27-28H,11-12,16-17H2,1H3,(H,33,37)/t27-,28-/m1/s1. The fourth-order valence-corrected chi connectivity index (χ4v) is 6.09. The zero-order valence-electron chi connectivity index (χ0n) is 20.7. The summed E-state index contributed by atoms with van der Waals surface area (Å²) in [6.45, 7) is 4.39. The van der Waals surface area contributed by atoms with Crippen LogP contribution in [0.25, 0.3) is 5.69 Å². The van der Waals surface area contributed by atoms with E-state index in [2.05, 4.69) is 73.1 Å². The number of thiocarbonyl (C=S) groups is 1. The van der Waals surface area contributed by atoms with Crippen LogP contribution in [0, 0.1) is 5.92 Å². The van der Waals surface area contributed by atoms with E-state index in [1.54, 1.807) is 6.20 Å². The molecule has 8 heteroatoms. The molecule has 6 rings (SSSR count). The second-order valence-corrected chi connectivity index (χ2v) is 10.6. The predicted molar refractivity (Wildman–Crippen MR) is 154 cm³/mol. The number of pyridine rings is 2. The van der Waals surface area contributed by atoms with Crippen molar-refractivity contribution in [3.8, 4) is 5.69 Å². The van der Waals surface area contributed by atoms with E-state index in [0.29, 0.717) is 5.11 Å². The van der Waals surface area contributed by atoms with Crippen LogP contribution in [0.3, 0.4) is 0 Å². The minimum Gasteiger partial charge on any atom is -0.370 e. The summed E-state index contributed by atoms with van der Waals surface area (Å²) in [6.07, 6.45) is 9.93. The average Bonchev–Trinajstić information content (AvgIpc) is 3.54. The average molecular weight is 529 g/mol. The van der Waals surface area contributed by atoms with E-state index in [9.17, 15) is 0 Å². The quantitative estimate of drug-likeness (QED) is 0.305. The molecule has 1 aromatic carbocycles. The third-order valence-corrected chi connectivity index (χ3v) is 8.06. The van der Waals surface area contributed by atoms with Crippen molar-refractivity contribution in [2.45, 2.75) is 31.8 Å². The normalized spacial score (nSPS) is 20.3. The lowest BCUT2D eigenvalue weighted by Crippen LogP contribution is -2.33. The van der Waals surface area contributed by atoms with E-state index in [1.807, 2.05) is 42.7 Å². The molecule has 2 atom stereocenters. The minimum absolute atomic E-state index is 0.138. The first-order chi connectivity index (χ1) is 18.1. The van der Waals surface area contributed by atoms with Gasteiger partial charge in [-0.2, -0.15) is 0 Å². The molecule has 2 aliphatic heterocycles. The van der Waals surface area contributed by atoms with Gasteiger partial charge in [0.05, 0.1) is 34.3 Å². The third kappa shape index (κ3) is 4.58. The number of piperidine rings is 1. The fraction of sp³-hybridized carbons (Fsp3) is 0.276. The van der Waals surface area contributed by atoms with Gasteiger partial charge in [0.2, 0.25) is 0 Å². The van der Waals surface area contributed by atoms with Crippen LogP contribution in [0.15, 0.2) is 85.5 Å². The lowest BCUT2D eigenvalue weighted by atomic mass is 9.98. The van der Waals surface area contributed by atoms with Crippen LogP contribution in [0.1, 0.15) is 43.2 Å². The Bertz CT molecular complexity index is 1380. The highest BCUT2D eigenvalue weighted by Crippen LogP contribution is 2.44. The third-order valence-electron chi connectivity index (χ3n) is 7.44. The molecule has 3 aromatic heterocycles. The van der Waals surface area contributed by atoms with Gasteiger partial charge in [0, 0.05) is 43.1 Å². The molecule has 5 heterocycles. The largest absolute Gasteiger partial charge is 0.370 e. The molecule has 1 N–H and O–H groups in total. The molecule has 2 aliphatic rings. The zero-order chi connectivity index (χ0) is 25.4. The van der Waals surface area contributed by atoms with E-state index < -0.39 is 0 Å². The first-order valence-corrected chi connectivity index (χ1v) is 13.5. The van der Waals surface area contributed by atoms with Crippen molar-refractivity contribution in [3.63, 3.8) is 0 Å². The van der Waals surface area contributed by atoms with Crippen LogP contribution in [0.5, 0.6) is 0 Å². The van der Waals surface area contributed by atoms with Crippen molar-refractivity contribution in [1.29, 1.82) is 0 Å². The highest BCUT2D eigenvalue weighted by Gasteiger charge is 2.42. The molecular weight excluding hydrogens is 500 g/mol. The summed E-state index contributed by atoms with van der Waals surface area (Å²) in [5.74, 6) is 0.766. The molecule has 37 heavy (non-hydrogen) atoms. The van der Waals surface area contributed by atoms with Crippen LogP contribution in [-0.4, -0.2) is 32.7 Å². The van der Waals surface area contributed by atoms with Crippen LogP contribution >= 0.6 is 23.8 Å². The summed E-state index contributed by atoms with van der Waals surface area (Å²) in [5.41, 5.74) is 5.06. The molecule has 0 spiro atoms. The summed E-state index contributed by atoms with van der Waals surface area (Å²) < 4.78 is 2.17. The van der Waals surface area contributed by atoms with Gasteiger partial charge in [-0.3, -0.25) is 9.97 Å². The van der Waals surface area contributed by atoms with Crippen molar-refractivity contribution in [3.05, 3.63) is 102 Å². The number of nitrogens with one attached hydrogen (secondary N) is 1. The highest BCUT2D eigenvalue weighted by molar-refractivity contribution is 7.80. The maximum Gasteiger partial charge on any atom is 0.174 e. The number of benzene rings is 1. The van der Waals surface area contributed by atoms with Gasteiger partial charge < -0.3 is 19.7 Å². The minimum atomic E-state index is -0.143. The topological polar surface area (TPSA) is 49.2 Å². The maximum atomic E-state index is 6.92. The second kappa shape index (κ2) is 10.1. The first kappa shape index (κ1) is 23.9. The zero-order valence-corrected chi connectivity index (χ0v) is 22.2. The summed E-state index contributed by atoms with van der Waals surface area (Å²) in [4.78, 5) is 13.6. The SMILES string of the molecule is CC1CCN(c2ccc(N3C(=S)N[C@H](c4ccccn4)[C@H]3c3cccn3-c3cccnc3)cc2Cl)CC1. The van der Waals surface area contributed by atoms with E-state index in [4.69, 9.17) is 23.8 Å². The number of rotatable bonds is 5. The van der Waals surface area contributed by atoms with Crippen molar-refractivity contribution in [2.24, 2.45) is 5.92 Å². The van der Waals surface area contributed by atoms with Gasteiger partial charge in [0.15, 0.2) is 5.11 Å². The Hall–Kier alpha value is -3.42. The van der Waals surface area contributed by atoms with E-state index in [1.165, 1.54) is 12.8 Å². The summed E-state index contributed by atoms with van der Waals surface area (Å²) in [6, 6.07) is 20.2. The Balaban J connectivity index is 1.42. The first-order valence-electron chi connectivity index (χ1n) is 12.7. The molecular formula is C29H29ClN6S. The molecule has 0 unspecified atom stereocenters. The highest BCUT2D eigenvalue weighted by atomic mass is 35.5. The summed E-state index contributed by atoms with van der Waals surface area (Å²) >= 11 is 12.9. The molecule has 0 bridgehead atoms. The monoisotopic (exact) mass is 528 g/mol. The Morgan fingerprint density at radius 3 is 2.57 bits per heavy atom. The van der Waals surface area contributed by atoms with E-state index in [0.717, 1.165) is 52.5 Å². The molecule has 4 aromatic rings. The molecule has 2 fully saturated rings. The molecule has 0 saturated carbocycles. The Morgan fingerprint density at radius 1 is 0.973 bits per heavy atom. The van der Waals surface area contributed by atoms with Gasteiger partial charge >= 0.3 is 0 Å². The number of aromatic nitrogens is 3. The number of halogens is 1. The van der Waals surface area contributed by atoms with Crippen molar-refractivity contribution in [1.82, 2.24) is 19.9 Å². The lowest BCUT2D eigenvalue weighted by Gasteiger charge is -2.33. The van der Waals surface area contributed by atoms with Gasteiger partial charge in [0.1, 0.15) is 6.04 Å². The number of hydrogen-bond donors (Lipinski definition) is 1. The molecule has 0 amide bonds. The number of nitrogens with zero attached hydrogens (tertiary/aromatic N) is 5. The van der Waals surface area contributed by atoms with Crippen LogP contribution in [0.2, 0.25) is 5.02 Å². The Morgan fingerprint density at radius 2 is 1.84 bits per heavy atom. The van der Waals surface area contributed by atoms with Crippen molar-refractivity contribution in [2.75, 3.05) is 22.9 Å². The predicted octanol–water partition coefficient (Wildman–Crippen LogP) is 6.33. The summed E-state index contributed by atoms with van der Waals surface area (Å²) in [7, 11) is 0. The van der Waals surface area contributed by atoms with Gasteiger partial charge in [-0.1, -0.05) is 24.6 Å². The van der Waals surface area contributed by atoms with E-state index >= 15 is 0 Å². The van der Waals surface area contributed by atoms with Crippen molar-refractivity contribution >= 4 is 40.3 Å². The molecule has 6 nitrogen and oxygen atoms in total. The Kier molecular flexibility index (Phi) is 6.57.